The lowest BCUT2D eigenvalue weighted by molar-refractivity contribution is -0.143. The average Bonchev–Trinajstić information content (AvgIpc) is 2.08. The number of rotatable bonds is 5. The summed E-state index contributed by atoms with van der Waals surface area (Å²) < 4.78 is 8.80. The molecule has 4 nitrogen and oxygen atoms in total. The predicted octanol–water partition coefficient (Wildman–Crippen LogP) is 1.53. The molecule has 0 spiro atoms. The van der Waals surface area contributed by atoms with E-state index in [0.29, 0.717) is 26.1 Å². The fourth-order valence-corrected chi connectivity index (χ4v) is 0.505. The van der Waals surface area contributed by atoms with Gasteiger partial charge in [0.2, 0.25) is 0 Å². The van der Waals surface area contributed by atoms with Crippen LogP contribution in [0.2, 0.25) is 0 Å². The van der Waals surface area contributed by atoms with Gasteiger partial charge >= 0.3 is 5.97 Å². The van der Waals surface area contributed by atoms with Crippen LogP contribution in [0.5, 0.6) is 0 Å². The van der Waals surface area contributed by atoms with Crippen LogP contribution in [-0.2, 0) is 19.1 Å². The Bertz CT molecular complexity index is 115. The number of hydrogen-bond acceptors (Lipinski definition) is 4. The van der Waals surface area contributed by atoms with E-state index < -0.39 is 0 Å². The summed E-state index contributed by atoms with van der Waals surface area (Å²) in [5.41, 5.74) is 0. The van der Waals surface area contributed by atoms with E-state index in [9.17, 15) is 9.59 Å². The van der Waals surface area contributed by atoms with Crippen molar-refractivity contribution in [3.8, 4) is 0 Å². The fraction of sp³-hybridized carbons (Fsp3) is 0.778. The molecule has 0 heterocycles. The molecule has 0 bridgehead atoms. The SMILES string of the molecule is CCCC(=O)OCC.CCOC=O. The van der Waals surface area contributed by atoms with Gasteiger partial charge in [0, 0.05) is 6.42 Å². The highest BCUT2D eigenvalue weighted by molar-refractivity contribution is 5.69. The smallest absolute Gasteiger partial charge is 0.305 e. The first-order valence-electron chi connectivity index (χ1n) is 4.43. The highest BCUT2D eigenvalue weighted by Crippen LogP contribution is 1.89. The second-order valence-electron chi connectivity index (χ2n) is 2.11. The molecular weight excluding hydrogens is 172 g/mol. The first kappa shape index (κ1) is 14.5. The first-order chi connectivity index (χ1) is 6.22. The molecule has 0 aliphatic heterocycles. The van der Waals surface area contributed by atoms with Gasteiger partial charge in [-0.05, 0) is 20.3 Å². The molecule has 0 saturated heterocycles. The Morgan fingerprint density at radius 2 is 1.85 bits per heavy atom. The van der Waals surface area contributed by atoms with Crippen molar-refractivity contribution in [2.75, 3.05) is 13.2 Å². The third-order valence-corrected chi connectivity index (χ3v) is 0.994. The van der Waals surface area contributed by atoms with E-state index in [2.05, 4.69) is 9.47 Å². The maximum Gasteiger partial charge on any atom is 0.305 e. The van der Waals surface area contributed by atoms with Crippen molar-refractivity contribution in [2.24, 2.45) is 0 Å². The Morgan fingerprint density at radius 1 is 1.23 bits per heavy atom. The van der Waals surface area contributed by atoms with E-state index in [0.717, 1.165) is 6.42 Å². The molecule has 4 heteroatoms. The minimum atomic E-state index is -0.0880. The zero-order chi connectivity index (χ0) is 10.5. The molecule has 0 radical (unpaired) electrons. The van der Waals surface area contributed by atoms with E-state index in [-0.39, 0.29) is 5.97 Å². The maximum atomic E-state index is 10.4. The van der Waals surface area contributed by atoms with Gasteiger partial charge in [0.05, 0.1) is 13.2 Å². The van der Waals surface area contributed by atoms with Crippen molar-refractivity contribution in [3.05, 3.63) is 0 Å². The minimum Gasteiger partial charge on any atom is -0.468 e. The van der Waals surface area contributed by atoms with Crippen LogP contribution >= 0.6 is 0 Å². The molecular formula is C9H18O4. The van der Waals surface area contributed by atoms with Crippen molar-refractivity contribution < 1.29 is 19.1 Å². The lowest BCUT2D eigenvalue weighted by atomic mass is 10.3. The van der Waals surface area contributed by atoms with Crippen LogP contribution in [0.25, 0.3) is 0 Å². The van der Waals surface area contributed by atoms with Gasteiger partial charge in [0.25, 0.3) is 6.47 Å². The van der Waals surface area contributed by atoms with Crippen LogP contribution in [-0.4, -0.2) is 25.7 Å². The van der Waals surface area contributed by atoms with Gasteiger partial charge in [-0.25, -0.2) is 0 Å². The van der Waals surface area contributed by atoms with Crippen molar-refractivity contribution in [3.63, 3.8) is 0 Å². The molecule has 0 aromatic heterocycles. The topological polar surface area (TPSA) is 52.6 Å². The first-order valence-corrected chi connectivity index (χ1v) is 4.43. The molecule has 0 atom stereocenters. The number of esters is 1. The van der Waals surface area contributed by atoms with Crippen molar-refractivity contribution in [1.82, 2.24) is 0 Å². The normalized spacial score (nSPS) is 7.92. The summed E-state index contributed by atoms with van der Waals surface area (Å²) in [4.78, 5) is 19.6. The molecule has 0 aromatic carbocycles. The van der Waals surface area contributed by atoms with Gasteiger partial charge in [-0.2, -0.15) is 0 Å². The molecule has 78 valence electrons. The Balaban J connectivity index is 0. The van der Waals surface area contributed by atoms with Gasteiger partial charge in [-0.15, -0.1) is 0 Å². The fourth-order valence-electron chi connectivity index (χ4n) is 0.505. The Kier molecular flexibility index (Phi) is 15.0. The van der Waals surface area contributed by atoms with Crippen molar-refractivity contribution in [1.29, 1.82) is 0 Å². The lowest BCUT2D eigenvalue weighted by Crippen LogP contribution is -2.01. The summed E-state index contributed by atoms with van der Waals surface area (Å²) in [6.07, 6.45) is 1.42. The third-order valence-electron chi connectivity index (χ3n) is 0.994. The Hall–Kier alpha value is -1.06. The van der Waals surface area contributed by atoms with Crippen LogP contribution in [0.4, 0.5) is 0 Å². The summed E-state index contributed by atoms with van der Waals surface area (Å²) >= 11 is 0. The number of carbonyl (C=O) groups is 2. The molecule has 0 aliphatic rings. The Labute approximate surface area is 79.2 Å². The van der Waals surface area contributed by atoms with Gasteiger partial charge in [0.1, 0.15) is 0 Å². The van der Waals surface area contributed by atoms with E-state index >= 15 is 0 Å². The quantitative estimate of drug-likeness (QED) is 0.487. The van der Waals surface area contributed by atoms with Crippen molar-refractivity contribution in [2.45, 2.75) is 33.6 Å². The summed E-state index contributed by atoms with van der Waals surface area (Å²) in [6, 6.07) is 0. The van der Waals surface area contributed by atoms with E-state index in [1.165, 1.54) is 0 Å². The molecule has 13 heavy (non-hydrogen) atoms. The van der Waals surface area contributed by atoms with E-state index in [1.54, 1.807) is 6.92 Å². The highest BCUT2D eigenvalue weighted by Gasteiger charge is 1.95. The lowest BCUT2D eigenvalue weighted by Gasteiger charge is -1.96. The van der Waals surface area contributed by atoms with Crippen LogP contribution in [0.1, 0.15) is 33.6 Å². The summed E-state index contributed by atoms with van der Waals surface area (Å²) in [7, 11) is 0. The van der Waals surface area contributed by atoms with Gasteiger partial charge in [0.15, 0.2) is 0 Å². The molecule has 0 N–H and O–H groups in total. The second-order valence-corrected chi connectivity index (χ2v) is 2.11. The minimum absolute atomic E-state index is 0.0880. The molecule has 0 fully saturated rings. The average molecular weight is 190 g/mol. The molecule has 0 aromatic rings. The number of hydrogen-bond donors (Lipinski definition) is 0. The zero-order valence-electron chi connectivity index (χ0n) is 8.54. The summed E-state index contributed by atoms with van der Waals surface area (Å²) in [6.45, 7) is 6.93. The van der Waals surface area contributed by atoms with Crippen LogP contribution in [0.15, 0.2) is 0 Å². The van der Waals surface area contributed by atoms with Crippen LogP contribution in [0, 0.1) is 0 Å². The Morgan fingerprint density at radius 3 is 2.08 bits per heavy atom. The molecule has 0 amide bonds. The third kappa shape index (κ3) is 18.2. The summed E-state index contributed by atoms with van der Waals surface area (Å²) in [5.74, 6) is -0.0880. The number of carbonyl (C=O) groups excluding carboxylic acids is 2. The van der Waals surface area contributed by atoms with E-state index in [1.807, 2.05) is 13.8 Å². The number of ether oxygens (including phenoxy) is 2. The monoisotopic (exact) mass is 190 g/mol. The standard InChI is InChI=1S/C6H12O2.C3H6O2/c1-3-5-6(7)8-4-2;1-2-5-3-4/h3-5H2,1-2H3;3H,2H2,1H3. The maximum absolute atomic E-state index is 10.4. The summed E-state index contributed by atoms with van der Waals surface area (Å²) in [5, 5.41) is 0. The van der Waals surface area contributed by atoms with E-state index in [4.69, 9.17) is 0 Å². The van der Waals surface area contributed by atoms with Gasteiger partial charge < -0.3 is 9.47 Å². The molecule has 0 rings (SSSR count). The largest absolute Gasteiger partial charge is 0.468 e. The molecule has 0 saturated carbocycles. The highest BCUT2D eigenvalue weighted by atomic mass is 16.5. The zero-order valence-corrected chi connectivity index (χ0v) is 8.54. The van der Waals surface area contributed by atoms with Crippen LogP contribution < -0.4 is 0 Å². The van der Waals surface area contributed by atoms with Crippen molar-refractivity contribution >= 4 is 12.4 Å². The molecule has 0 aliphatic carbocycles. The van der Waals surface area contributed by atoms with Crippen LogP contribution in [0.3, 0.4) is 0 Å². The van der Waals surface area contributed by atoms with Gasteiger partial charge in [-0.3, -0.25) is 9.59 Å². The van der Waals surface area contributed by atoms with Gasteiger partial charge in [-0.1, -0.05) is 6.92 Å². The predicted molar refractivity (Wildman–Crippen MR) is 49.2 cm³/mol. The second kappa shape index (κ2) is 13.5. The molecule has 0 unspecified atom stereocenters.